The number of hydrogen-bond acceptors (Lipinski definition) is 15. The largest absolute Gasteiger partial charge is 0.470 e. The van der Waals surface area contributed by atoms with Crippen molar-refractivity contribution in [2.45, 2.75) is 90.0 Å². The summed E-state index contributed by atoms with van der Waals surface area (Å²) in [5.74, 6) is -0.224. The Morgan fingerprint density at radius 2 is 1.80 bits per heavy atom. The van der Waals surface area contributed by atoms with Crippen LogP contribution in [0.2, 0.25) is 0 Å². The van der Waals surface area contributed by atoms with Gasteiger partial charge in [0.1, 0.15) is 17.2 Å². The van der Waals surface area contributed by atoms with Crippen molar-refractivity contribution in [3.8, 4) is 11.3 Å². The first-order chi connectivity index (χ1) is 33.5. The van der Waals surface area contributed by atoms with E-state index >= 15 is 0 Å². The van der Waals surface area contributed by atoms with Crippen molar-refractivity contribution in [1.82, 2.24) is 24.8 Å². The highest BCUT2D eigenvalue weighted by molar-refractivity contribution is 7.46. The van der Waals surface area contributed by atoms with Gasteiger partial charge in [-0.3, -0.25) is 28.7 Å². The maximum atomic E-state index is 14.0. The van der Waals surface area contributed by atoms with Crippen LogP contribution in [0.25, 0.3) is 11.3 Å². The number of nitrogens with two attached hydrogens (primary N) is 1. The molecule has 2 saturated heterocycles. The molecule has 1 aliphatic carbocycles. The van der Waals surface area contributed by atoms with Crippen molar-refractivity contribution < 1.29 is 38.4 Å². The van der Waals surface area contributed by atoms with E-state index in [2.05, 4.69) is 48.8 Å². The first-order valence-corrected chi connectivity index (χ1v) is 25.9. The fourth-order valence-electron chi connectivity index (χ4n) is 10.3. The number of hydrogen-bond donors (Lipinski definition) is 6. The lowest BCUT2D eigenvalue weighted by Crippen LogP contribution is -2.57. The third-order valence-electron chi connectivity index (χ3n) is 13.7. The van der Waals surface area contributed by atoms with Gasteiger partial charge in [-0.25, -0.2) is 24.5 Å². The number of aliphatic hydroxyl groups is 1. The standard InChI is InChI=1S/C49H58N11O8PS/c1-5-42(62)54-36-25-30(13-14-38(36)59-24-23-58(27-29(59)2)31-16-20-57(21-17-31)41-12-8-11-40(56-41)49(3,4)68-69(65,66)67)53-46-43(45(50)63)52-26-37(55-46)32-15-19-51-47(35(32)28-61)60-22-18-34-33-9-6-7-10-39(33)70-44(34)48(60)64/h5,8,11-15,19,25-26,29,31,61H,1,6-7,9-10,16-18,20-24,27-28H2,2-4H3,(H2,50,63)(H,53,55)(H,54,62)(H2,65,66,67)/t29-/m0/s1. The van der Waals surface area contributed by atoms with Crippen molar-refractivity contribution in [3.05, 3.63) is 105 Å². The number of nitrogens with zero attached hydrogens (tertiary/aromatic N) is 8. The molecule has 4 aromatic heterocycles. The second-order valence-electron chi connectivity index (χ2n) is 18.6. The summed E-state index contributed by atoms with van der Waals surface area (Å²) >= 11 is 1.58. The quantitative estimate of drug-likeness (QED) is 0.0546. The van der Waals surface area contributed by atoms with Crippen LogP contribution in [0.3, 0.4) is 0 Å². The molecule has 2 fully saturated rings. The smallest absolute Gasteiger partial charge is 0.392 e. The number of carbonyl (C=O) groups is 3. The number of primary amides is 1. The molecular weight excluding hydrogens is 934 g/mol. The molecule has 7 N–H and O–H groups in total. The first-order valence-electron chi connectivity index (χ1n) is 23.6. The van der Waals surface area contributed by atoms with E-state index in [1.54, 1.807) is 54.5 Å². The first kappa shape index (κ1) is 48.9. The van der Waals surface area contributed by atoms with E-state index in [9.17, 15) is 33.8 Å². The number of nitrogens with one attached hydrogen (secondary N) is 2. The normalized spacial score (nSPS) is 18.1. The molecule has 4 aliphatic rings. The van der Waals surface area contributed by atoms with Gasteiger partial charge in [0.2, 0.25) is 5.91 Å². The third kappa shape index (κ3) is 10.1. The van der Waals surface area contributed by atoms with Crippen LogP contribution in [-0.2, 0) is 45.4 Å². The lowest BCUT2D eigenvalue weighted by atomic mass is 9.92. The molecule has 0 bridgehead atoms. The molecule has 3 amide bonds. The molecule has 19 nitrogen and oxygen atoms in total. The number of aromatic nitrogens is 4. The Balaban J connectivity index is 0.910. The fraction of sp³-hybridized carbons (Fsp3) is 0.408. The number of aliphatic hydroxyl groups excluding tert-OH is 1. The van der Waals surface area contributed by atoms with Gasteiger partial charge in [-0.15, -0.1) is 11.3 Å². The van der Waals surface area contributed by atoms with Crippen molar-refractivity contribution >= 4 is 71.4 Å². The number of phosphoric ester groups is 1. The molecule has 1 atom stereocenters. The van der Waals surface area contributed by atoms with Crippen molar-refractivity contribution in [1.29, 1.82) is 0 Å². The summed E-state index contributed by atoms with van der Waals surface area (Å²) in [5, 5.41) is 17.0. The fourth-order valence-corrected chi connectivity index (χ4v) is 12.4. The van der Waals surface area contributed by atoms with Crippen LogP contribution >= 0.6 is 19.2 Å². The summed E-state index contributed by atoms with van der Waals surface area (Å²) in [5.41, 5.74) is 10.3. The van der Waals surface area contributed by atoms with Crippen molar-refractivity contribution in [2.75, 3.05) is 64.6 Å². The van der Waals surface area contributed by atoms with Gasteiger partial charge in [-0.2, -0.15) is 0 Å². The van der Waals surface area contributed by atoms with Gasteiger partial charge in [0.05, 0.1) is 40.4 Å². The molecule has 0 saturated carbocycles. The molecule has 3 aliphatic heterocycles. The summed E-state index contributed by atoms with van der Waals surface area (Å²) in [4.78, 5) is 87.8. The lowest BCUT2D eigenvalue weighted by Gasteiger charge is -2.47. The monoisotopic (exact) mass is 991 g/mol. The van der Waals surface area contributed by atoms with Gasteiger partial charge in [-0.1, -0.05) is 12.6 Å². The van der Waals surface area contributed by atoms with Gasteiger partial charge in [0.25, 0.3) is 11.8 Å². The number of benzene rings is 1. The number of carbonyl (C=O) groups excluding carboxylic acids is 3. The van der Waals surface area contributed by atoms with Crippen LogP contribution in [-0.4, -0.2) is 109 Å². The average Bonchev–Trinajstić information content (AvgIpc) is 3.73. The van der Waals surface area contributed by atoms with Crippen LogP contribution in [0.15, 0.2) is 67.5 Å². The molecule has 0 unspecified atom stereocenters. The highest BCUT2D eigenvalue weighted by Crippen LogP contribution is 2.45. The zero-order valence-corrected chi connectivity index (χ0v) is 41.1. The Labute approximate surface area is 410 Å². The van der Waals surface area contributed by atoms with Crippen LogP contribution < -0.4 is 31.1 Å². The minimum Gasteiger partial charge on any atom is -0.392 e. The molecule has 21 heteroatoms. The molecule has 70 heavy (non-hydrogen) atoms. The number of rotatable bonds is 14. The topological polar surface area (TPSA) is 253 Å². The van der Waals surface area contributed by atoms with Gasteiger partial charge in [-0.05, 0) is 119 Å². The van der Waals surface area contributed by atoms with Crippen LogP contribution in [0.1, 0.15) is 93.9 Å². The van der Waals surface area contributed by atoms with Crippen LogP contribution in [0.5, 0.6) is 0 Å². The van der Waals surface area contributed by atoms with Gasteiger partial charge in [0.15, 0.2) is 11.5 Å². The Morgan fingerprint density at radius 3 is 2.53 bits per heavy atom. The number of pyridine rings is 2. The highest BCUT2D eigenvalue weighted by atomic mass is 32.1. The molecule has 7 heterocycles. The van der Waals surface area contributed by atoms with Crippen molar-refractivity contribution in [2.24, 2.45) is 5.73 Å². The summed E-state index contributed by atoms with van der Waals surface area (Å²) < 4.78 is 16.7. The number of piperidine rings is 1. The van der Waals surface area contributed by atoms with E-state index in [-0.39, 0.29) is 23.5 Å². The molecule has 9 rings (SSSR count). The number of aryl methyl sites for hydroxylation is 1. The second kappa shape index (κ2) is 19.9. The number of fused-ring (bicyclic) bond motifs is 3. The van der Waals surface area contributed by atoms with E-state index < -0.39 is 31.8 Å². The average molecular weight is 992 g/mol. The Morgan fingerprint density at radius 1 is 1.01 bits per heavy atom. The highest BCUT2D eigenvalue weighted by Gasteiger charge is 2.36. The molecule has 368 valence electrons. The predicted octanol–water partition coefficient (Wildman–Crippen LogP) is 6.06. The zero-order valence-electron chi connectivity index (χ0n) is 39.4. The molecule has 5 aromatic rings. The molecule has 0 spiro atoms. The molecular formula is C49H58N11O8PS. The number of piperazine rings is 1. The molecule has 0 radical (unpaired) electrons. The zero-order chi connectivity index (χ0) is 49.5. The van der Waals surface area contributed by atoms with E-state index in [4.69, 9.17) is 20.2 Å². The third-order valence-corrected chi connectivity index (χ3v) is 15.7. The Kier molecular flexibility index (Phi) is 13.9. The predicted molar refractivity (Wildman–Crippen MR) is 269 cm³/mol. The SMILES string of the molecule is C=CC(=O)Nc1cc(Nc2nc(-c3ccnc(N4CCc5c(sc6c5CCCC6)C4=O)c3CO)cnc2C(N)=O)ccc1N1CCN(C2CCN(c3cccc(C(C)(C)OP(=O)(O)O)n3)CC2)C[C@@H]1C. The van der Waals surface area contributed by atoms with Crippen molar-refractivity contribution in [3.63, 3.8) is 0 Å². The minimum absolute atomic E-state index is 0.0538. The Hall–Kier alpha value is -6.12. The maximum absolute atomic E-state index is 14.0. The van der Waals surface area contributed by atoms with Crippen LogP contribution in [0, 0.1) is 0 Å². The Bertz CT molecular complexity index is 2900. The number of anilines is 6. The molecule has 1 aromatic carbocycles. The van der Waals surface area contributed by atoms with Gasteiger partial charge in [0, 0.05) is 79.2 Å². The summed E-state index contributed by atoms with van der Waals surface area (Å²) in [7, 11) is -4.73. The van der Waals surface area contributed by atoms with E-state index in [1.165, 1.54) is 22.7 Å². The van der Waals surface area contributed by atoms with E-state index in [0.29, 0.717) is 65.3 Å². The minimum atomic E-state index is -4.73. The van der Waals surface area contributed by atoms with Gasteiger partial charge < -0.3 is 41.1 Å². The maximum Gasteiger partial charge on any atom is 0.470 e. The van der Waals surface area contributed by atoms with E-state index in [0.717, 1.165) is 86.6 Å². The number of amides is 3. The summed E-state index contributed by atoms with van der Waals surface area (Å²) in [6.07, 6.45) is 10.9. The van der Waals surface area contributed by atoms with E-state index in [1.807, 2.05) is 24.3 Å². The number of thiophene rings is 1. The summed E-state index contributed by atoms with van der Waals surface area (Å²) in [6, 6.07) is 13.0. The van der Waals surface area contributed by atoms with Gasteiger partial charge >= 0.3 is 7.82 Å². The lowest BCUT2D eigenvalue weighted by molar-refractivity contribution is -0.111. The van der Waals surface area contributed by atoms with Crippen LogP contribution in [0.4, 0.5) is 34.5 Å². The number of phosphoric acid groups is 1. The second-order valence-corrected chi connectivity index (χ2v) is 20.9. The summed E-state index contributed by atoms with van der Waals surface area (Å²) in [6.45, 7) is 12.7.